The number of halogens is 5. The highest BCUT2D eigenvalue weighted by Crippen LogP contribution is 2.37. The third kappa shape index (κ3) is 5.72. The molecule has 15 heteroatoms. The summed E-state index contributed by atoms with van der Waals surface area (Å²) in [4.78, 5) is 31.2. The number of fused-ring (bicyclic) bond motifs is 4. The highest BCUT2D eigenvalue weighted by molar-refractivity contribution is 6.34. The summed E-state index contributed by atoms with van der Waals surface area (Å²) in [6.45, 7) is -1.19. The minimum absolute atomic E-state index is 0.0333. The molecule has 0 fully saturated rings. The van der Waals surface area contributed by atoms with E-state index in [-0.39, 0.29) is 33.0 Å². The molecular formula is C29H23Cl3F2N8O2. The number of aromatic nitrogens is 7. The normalized spacial score (nSPS) is 17.1. The Labute approximate surface area is 264 Å². The maximum Gasteiger partial charge on any atom is 0.333 e. The van der Waals surface area contributed by atoms with Crippen LogP contribution in [0, 0.1) is 5.92 Å². The Morgan fingerprint density at radius 1 is 1.02 bits per heavy atom. The van der Waals surface area contributed by atoms with Gasteiger partial charge < -0.3 is 9.88 Å². The monoisotopic (exact) mass is 658 g/mol. The third-order valence-corrected chi connectivity index (χ3v) is 8.23. The molecule has 2 bridgehead atoms. The highest BCUT2D eigenvalue weighted by atomic mass is 35.5. The Bertz CT molecular complexity index is 1940. The number of hydrogen-bond acceptors (Lipinski definition) is 6. The Morgan fingerprint density at radius 3 is 2.59 bits per heavy atom. The van der Waals surface area contributed by atoms with Gasteiger partial charge in [-0.05, 0) is 43.2 Å². The smallest absolute Gasteiger partial charge is 0.323 e. The highest BCUT2D eigenvalue weighted by Gasteiger charge is 2.26. The van der Waals surface area contributed by atoms with Crippen LogP contribution < -0.4 is 10.9 Å². The van der Waals surface area contributed by atoms with E-state index in [0.29, 0.717) is 57.0 Å². The van der Waals surface area contributed by atoms with Crippen molar-refractivity contribution in [2.75, 3.05) is 5.32 Å². The van der Waals surface area contributed by atoms with Gasteiger partial charge in [0.25, 0.3) is 5.56 Å². The molecule has 0 saturated heterocycles. The topological polar surface area (TPSA) is 113 Å². The fourth-order valence-corrected chi connectivity index (χ4v) is 5.92. The minimum Gasteiger partial charge on any atom is -0.323 e. The van der Waals surface area contributed by atoms with E-state index in [4.69, 9.17) is 34.8 Å². The average molecular weight is 660 g/mol. The molecular weight excluding hydrogens is 637 g/mol. The predicted molar refractivity (Wildman–Crippen MR) is 163 cm³/mol. The van der Waals surface area contributed by atoms with Crippen LogP contribution >= 0.6 is 34.8 Å². The molecule has 1 amide bonds. The molecule has 6 rings (SSSR count). The predicted octanol–water partition coefficient (Wildman–Crippen LogP) is 7.06. The zero-order valence-electron chi connectivity index (χ0n) is 23.0. The first-order valence-electron chi connectivity index (χ1n) is 13.5. The van der Waals surface area contributed by atoms with Gasteiger partial charge in [-0.1, -0.05) is 53.4 Å². The summed E-state index contributed by atoms with van der Waals surface area (Å²) in [7, 11) is 0. The first-order valence-corrected chi connectivity index (χ1v) is 14.7. The maximum absolute atomic E-state index is 14.0. The standard InChI is InChI=1S/C29H23Cl3F2N8O2/c1-15-3-2-4-24(21-9-16(7-8-35-21)27-22(37-28(15)44)12-36-42(27)29(33)34)40-13-20(31)18(11-26(40)43)19-10-17(30)5-6-23(19)41-14-25(32)38-39-41/h5-15,24,29H,2-4H2,1H3,(H,37,44)/t15-,24-/m1/s1. The van der Waals surface area contributed by atoms with Crippen LogP contribution in [0.4, 0.5) is 14.5 Å². The summed E-state index contributed by atoms with van der Waals surface area (Å²) < 4.78 is 31.4. The first-order chi connectivity index (χ1) is 21.1. The zero-order chi connectivity index (χ0) is 31.1. The molecule has 0 saturated carbocycles. The zero-order valence-corrected chi connectivity index (χ0v) is 25.2. The molecule has 0 spiro atoms. The number of alkyl halides is 2. The fraction of sp³-hybridized carbons (Fsp3) is 0.241. The van der Waals surface area contributed by atoms with Gasteiger partial charge in [-0.3, -0.25) is 14.6 Å². The minimum atomic E-state index is -2.95. The SMILES string of the molecule is C[C@@H]1CCC[C@@H](n2cc(Cl)c(-c3cc(Cl)ccc3-n3cc(Cl)nn3)cc2=O)c2cc(ccn2)-c2c(cnn2C(F)F)NC1=O. The molecule has 10 nitrogen and oxygen atoms in total. The largest absolute Gasteiger partial charge is 0.333 e. The van der Waals surface area contributed by atoms with Gasteiger partial charge in [-0.15, -0.1) is 5.10 Å². The second-order valence-corrected chi connectivity index (χ2v) is 11.6. The molecule has 5 aromatic rings. The van der Waals surface area contributed by atoms with E-state index in [1.807, 2.05) is 0 Å². The molecule has 2 atom stereocenters. The number of carbonyl (C=O) groups is 1. The van der Waals surface area contributed by atoms with Crippen LogP contribution in [0.5, 0.6) is 0 Å². The lowest BCUT2D eigenvalue weighted by Crippen LogP contribution is -2.27. The van der Waals surface area contributed by atoms with Crippen molar-refractivity contribution in [1.29, 1.82) is 0 Å². The molecule has 4 aromatic heterocycles. The van der Waals surface area contributed by atoms with Gasteiger partial charge in [0.05, 0.1) is 46.2 Å². The van der Waals surface area contributed by atoms with Crippen molar-refractivity contribution in [2.24, 2.45) is 5.92 Å². The lowest BCUT2D eigenvalue weighted by molar-refractivity contribution is -0.119. The van der Waals surface area contributed by atoms with Crippen molar-refractivity contribution in [3.8, 4) is 28.1 Å². The third-order valence-electron chi connectivity index (χ3n) is 7.53. The molecule has 5 heterocycles. The lowest BCUT2D eigenvalue weighted by Gasteiger charge is -2.23. The van der Waals surface area contributed by atoms with Gasteiger partial charge in [0.1, 0.15) is 0 Å². The van der Waals surface area contributed by atoms with Crippen LogP contribution in [0.15, 0.2) is 66.0 Å². The molecule has 1 N–H and O–H groups in total. The molecule has 1 aliphatic heterocycles. The molecule has 226 valence electrons. The molecule has 0 radical (unpaired) electrons. The van der Waals surface area contributed by atoms with Crippen molar-refractivity contribution in [3.63, 3.8) is 0 Å². The molecule has 0 aliphatic carbocycles. The van der Waals surface area contributed by atoms with E-state index < -0.39 is 18.5 Å². The average Bonchev–Trinajstić information content (AvgIpc) is 3.62. The Morgan fingerprint density at radius 2 is 1.84 bits per heavy atom. The second kappa shape index (κ2) is 12.1. The van der Waals surface area contributed by atoms with Crippen LogP contribution in [-0.4, -0.2) is 40.2 Å². The van der Waals surface area contributed by atoms with Crippen molar-refractivity contribution >= 4 is 46.4 Å². The van der Waals surface area contributed by atoms with E-state index >= 15 is 0 Å². The number of pyridine rings is 2. The van der Waals surface area contributed by atoms with E-state index in [9.17, 15) is 18.4 Å². The summed E-state index contributed by atoms with van der Waals surface area (Å²) in [5.74, 6) is -0.750. The van der Waals surface area contributed by atoms with Crippen LogP contribution in [0.3, 0.4) is 0 Å². The number of nitrogens with one attached hydrogen (secondary N) is 1. The first kappa shape index (κ1) is 29.9. The number of anilines is 1. The van der Waals surface area contributed by atoms with E-state index in [0.717, 1.165) is 0 Å². The van der Waals surface area contributed by atoms with Crippen molar-refractivity contribution in [3.05, 3.63) is 92.4 Å². The number of hydrogen-bond donors (Lipinski definition) is 1. The van der Waals surface area contributed by atoms with E-state index in [1.165, 1.54) is 40.1 Å². The summed E-state index contributed by atoms with van der Waals surface area (Å²) in [5, 5.41) is 15.2. The van der Waals surface area contributed by atoms with Crippen LogP contribution in [0.1, 0.15) is 44.5 Å². The second-order valence-electron chi connectivity index (χ2n) is 10.4. The fourth-order valence-electron chi connectivity index (χ4n) is 5.36. The Kier molecular flexibility index (Phi) is 8.23. The summed E-state index contributed by atoms with van der Waals surface area (Å²) in [6.07, 6.45) is 7.18. The molecule has 1 aliphatic rings. The number of amides is 1. The Hall–Kier alpha value is -4.13. The van der Waals surface area contributed by atoms with Crippen molar-refractivity contribution < 1.29 is 13.6 Å². The molecule has 0 unspecified atom stereocenters. The molecule has 1 aromatic carbocycles. The van der Waals surface area contributed by atoms with Gasteiger partial charge in [-0.2, -0.15) is 13.9 Å². The summed E-state index contributed by atoms with van der Waals surface area (Å²) in [6, 6.07) is 8.99. The van der Waals surface area contributed by atoms with Gasteiger partial charge >= 0.3 is 6.55 Å². The maximum atomic E-state index is 14.0. The quantitative estimate of drug-likeness (QED) is 0.221. The van der Waals surface area contributed by atoms with Crippen molar-refractivity contribution in [2.45, 2.75) is 38.8 Å². The number of carbonyl (C=O) groups excluding carboxylic acids is 1. The number of rotatable bonds is 4. The van der Waals surface area contributed by atoms with Gasteiger partial charge in [0, 0.05) is 46.1 Å². The lowest BCUT2D eigenvalue weighted by atomic mass is 9.96. The van der Waals surface area contributed by atoms with E-state index in [1.54, 1.807) is 37.3 Å². The van der Waals surface area contributed by atoms with Crippen LogP contribution in [0.25, 0.3) is 28.1 Å². The van der Waals surface area contributed by atoms with Gasteiger partial charge in [0.15, 0.2) is 5.15 Å². The van der Waals surface area contributed by atoms with Crippen LogP contribution in [-0.2, 0) is 4.79 Å². The Balaban J connectivity index is 1.48. The summed E-state index contributed by atoms with van der Waals surface area (Å²) in [5.41, 5.74) is 2.10. The van der Waals surface area contributed by atoms with Crippen molar-refractivity contribution in [1.82, 2.24) is 34.3 Å². The van der Waals surface area contributed by atoms with Gasteiger partial charge in [-0.25, -0.2) is 9.36 Å². The van der Waals surface area contributed by atoms with Gasteiger partial charge in [0.2, 0.25) is 5.91 Å². The molecule has 44 heavy (non-hydrogen) atoms. The summed E-state index contributed by atoms with van der Waals surface area (Å²) >= 11 is 19.2. The van der Waals surface area contributed by atoms with Crippen LogP contribution in [0.2, 0.25) is 15.2 Å². The number of benzene rings is 1. The van der Waals surface area contributed by atoms with E-state index in [2.05, 4.69) is 25.7 Å². The number of nitrogens with zero attached hydrogens (tertiary/aromatic N) is 7.